The summed E-state index contributed by atoms with van der Waals surface area (Å²) in [7, 11) is 0. The third-order valence-electron chi connectivity index (χ3n) is 0.281. The quantitative estimate of drug-likeness (QED) is 0.108. The summed E-state index contributed by atoms with van der Waals surface area (Å²) in [6.45, 7) is -0.104. The van der Waals surface area contributed by atoms with Crippen LogP contribution in [-0.4, -0.2) is 17.1 Å². The molecule has 0 amide bonds. The van der Waals surface area contributed by atoms with E-state index in [2.05, 4.69) is 10.2 Å². The van der Waals surface area contributed by atoms with Crippen LogP contribution < -0.4 is 5.32 Å². The molecule has 0 saturated carbocycles. The summed E-state index contributed by atoms with van der Waals surface area (Å²) in [5.74, 6) is 0. The van der Waals surface area contributed by atoms with Crippen LogP contribution in [0.1, 0.15) is 0 Å². The number of rotatable bonds is 2. The minimum atomic E-state index is -0.104. The van der Waals surface area contributed by atoms with Gasteiger partial charge in [-0.05, 0) is 0 Å². The standard InChI is InChI=1S/C3H5NO3/c5-2-1-4-3-7-6/h4-6H,3H2. The Balaban J connectivity index is 2.78. The minimum absolute atomic E-state index is 0.104. The molecular formula is C3H5NO3. The molecule has 0 fully saturated rings. The summed E-state index contributed by atoms with van der Waals surface area (Å²) >= 11 is 0. The average molecular weight is 103 g/mol. The van der Waals surface area contributed by atoms with Gasteiger partial charge in [-0.25, -0.2) is 10.1 Å². The van der Waals surface area contributed by atoms with E-state index in [0.717, 1.165) is 0 Å². The number of hydrogen-bond acceptors (Lipinski definition) is 4. The van der Waals surface area contributed by atoms with Crippen molar-refractivity contribution in [2.45, 2.75) is 0 Å². The highest BCUT2D eigenvalue weighted by molar-refractivity contribution is 4.84. The van der Waals surface area contributed by atoms with Crippen LogP contribution in [0.2, 0.25) is 0 Å². The molecule has 0 radical (unpaired) electrons. The van der Waals surface area contributed by atoms with Gasteiger partial charge in [0, 0.05) is 0 Å². The van der Waals surface area contributed by atoms with Crippen molar-refractivity contribution in [3.8, 4) is 12.2 Å². The molecule has 0 rings (SSSR count). The number of hydrogen-bond donors (Lipinski definition) is 3. The van der Waals surface area contributed by atoms with Crippen molar-refractivity contribution >= 4 is 0 Å². The lowest BCUT2D eigenvalue weighted by atomic mass is 11.0. The normalized spacial score (nSPS) is 6.43. The van der Waals surface area contributed by atoms with Crippen LogP contribution in [0, 0.1) is 12.2 Å². The van der Waals surface area contributed by atoms with Gasteiger partial charge in [0.25, 0.3) is 0 Å². The summed E-state index contributed by atoms with van der Waals surface area (Å²) in [5.41, 5.74) is 0. The first-order chi connectivity index (χ1) is 3.41. The Labute approximate surface area is 40.6 Å². The van der Waals surface area contributed by atoms with Crippen LogP contribution in [0.15, 0.2) is 0 Å². The largest absolute Gasteiger partial charge is 0.461 e. The van der Waals surface area contributed by atoms with Gasteiger partial charge < -0.3 is 10.4 Å². The van der Waals surface area contributed by atoms with E-state index in [1.165, 1.54) is 0 Å². The Morgan fingerprint density at radius 1 is 1.71 bits per heavy atom. The summed E-state index contributed by atoms with van der Waals surface area (Å²) in [4.78, 5) is 3.52. The lowest BCUT2D eigenvalue weighted by Gasteiger charge is -1.87. The molecule has 3 N–H and O–H groups in total. The van der Waals surface area contributed by atoms with E-state index in [4.69, 9.17) is 10.4 Å². The second kappa shape index (κ2) is 5.08. The zero-order valence-corrected chi connectivity index (χ0v) is 3.51. The van der Waals surface area contributed by atoms with Gasteiger partial charge in [0.2, 0.25) is 0 Å². The minimum Gasteiger partial charge on any atom is -0.461 e. The van der Waals surface area contributed by atoms with E-state index in [0.29, 0.717) is 0 Å². The number of nitrogens with one attached hydrogen (secondary N) is 1. The lowest BCUT2D eigenvalue weighted by Crippen LogP contribution is -2.08. The molecule has 0 spiro atoms. The summed E-state index contributed by atoms with van der Waals surface area (Å²) < 4.78 is 0. The summed E-state index contributed by atoms with van der Waals surface area (Å²) in [6.07, 6.45) is 1.55. The molecule has 0 heterocycles. The Kier molecular flexibility index (Phi) is 4.41. The molecular weight excluding hydrogens is 98.0 g/mol. The molecule has 0 saturated heterocycles. The Hall–Kier alpha value is -0.920. The molecule has 4 nitrogen and oxygen atoms in total. The Morgan fingerprint density at radius 3 is 2.86 bits per heavy atom. The maximum atomic E-state index is 7.73. The van der Waals surface area contributed by atoms with Gasteiger partial charge in [0.15, 0.2) is 6.73 Å². The molecule has 0 aromatic carbocycles. The number of aliphatic hydroxyl groups is 1. The van der Waals surface area contributed by atoms with Crippen molar-refractivity contribution < 1.29 is 15.3 Å². The van der Waals surface area contributed by atoms with Gasteiger partial charge in [0.1, 0.15) is 6.11 Å². The maximum Gasteiger partial charge on any atom is 0.158 e. The van der Waals surface area contributed by atoms with Crippen molar-refractivity contribution in [3.63, 3.8) is 0 Å². The third kappa shape index (κ3) is 5.08. The molecule has 0 bridgehead atoms. The highest BCUT2D eigenvalue weighted by atomic mass is 17.1. The van der Waals surface area contributed by atoms with Gasteiger partial charge in [-0.15, -0.1) is 0 Å². The first-order valence-corrected chi connectivity index (χ1v) is 1.55. The second-order valence-corrected chi connectivity index (χ2v) is 0.687. The maximum absolute atomic E-state index is 7.73. The van der Waals surface area contributed by atoms with Gasteiger partial charge in [-0.2, -0.15) is 0 Å². The van der Waals surface area contributed by atoms with E-state index >= 15 is 0 Å². The zero-order valence-electron chi connectivity index (χ0n) is 3.51. The molecule has 4 heteroatoms. The fourth-order valence-electron chi connectivity index (χ4n) is 0.108. The monoisotopic (exact) mass is 103 g/mol. The molecule has 0 atom stereocenters. The highest BCUT2D eigenvalue weighted by Gasteiger charge is 1.69. The predicted molar refractivity (Wildman–Crippen MR) is 21.4 cm³/mol. The lowest BCUT2D eigenvalue weighted by molar-refractivity contribution is -0.245. The number of aliphatic hydroxyl groups excluding tert-OH is 1. The van der Waals surface area contributed by atoms with Crippen molar-refractivity contribution in [1.29, 1.82) is 0 Å². The molecule has 0 aromatic heterocycles. The third-order valence-corrected chi connectivity index (χ3v) is 0.281. The first kappa shape index (κ1) is 6.08. The van der Waals surface area contributed by atoms with Crippen molar-refractivity contribution in [1.82, 2.24) is 5.32 Å². The van der Waals surface area contributed by atoms with Gasteiger partial charge in [-0.3, -0.25) is 0 Å². The summed E-state index contributed by atoms with van der Waals surface area (Å²) in [5, 5.41) is 17.5. The summed E-state index contributed by atoms with van der Waals surface area (Å²) in [6, 6.07) is 2.02. The average Bonchev–Trinajstić information content (AvgIpc) is 1.69. The topological polar surface area (TPSA) is 61.7 Å². The smallest absolute Gasteiger partial charge is 0.158 e. The van der Waals surface area contributed by atoms with E-state index in [1.54, 1.807) is 6.11 Å². The van der Waals surface area contributed by atoms with Gasteiger partial charge in [0.05, 0.1) is 6.04 Å². The van der Waals surface area contributed by atoms with Crippen LogP contribution in [0.5, 0.6) is 0 Å². The second-order valence-electron chi connectivity index (χ2n) is 0.687. The molecule has 7 heavy (non-hydrogen) atoms. The molecule has 0 aliphatic rings. The SMILES string of the molecule is OC#CNCOO. The van der Waals surface area contributed by atoms with Crippen LogP contribution in [0.3, 0.4) is 0 Å². The Morgan fingerprint density at radius 2 is 2.43 bits per heavy atom. The van der Waals surface area contributed by atoms with E-state index in [9.17, 15) is 0 Å². The molecule has 0 aliphatic heterocycles. The van der Waals surface area contributed by atoms with Gasteiger partial charge >= 0.3 is 0 Å². The van der Waals surface area contributed by atoms with E-state index in [1.807, 2.05) is 6.04 Å². The van der Waals surface area contributed by atoms with E-state index in [-0.39, 0.29) is 6.73 Å². The molecule has 40 valence electrons. The highest BCUT2D eigenvalue weighted by Crippen LogP contribution is 1.51. The van der Waals surface area contributed by atoms with Crippen LogP contribution in [0.4, 0.5) is 0 Å². The fourth-order valence-corrected chi connectivity index (χ4v) is 0.108. The van der Waals surface area contributed by atoms with Crippen LogP contribution in [-0.2, 0) is 4.89 Å². The molecule has 0 aliphatic carbocycles. The van der Waals surface area contributed by atoms with Crippen molar-refractivity contribution in [3.05, 3.63) is 0 Å². The zero-order chi connectivity index (χ0) is 5.54. The Bertz CT molecular complexity index is 81.9. The van der Waals surface area contributed by atoms with Crippen molar-refractivity contribution in [2.24, 2.45) is 0 Å². The van der Waals surface area contributed by atoms with Crippen LogP contribution >= 0.6 is 0 Å². The predicted octanol–water partition coefficient (Wildman–Crippen LogP) is -0.686. The van der Waals surface area contributed by atoms with E-state index < -0.39 is 0 Å². The molecule has 0 unspecified atom stereocenters. The van der Waals surface area contributed by atoms with Crippen molar-refractivity contribution in [2.75, 3.05) is 6.73 Å². The van der Waals surface area contributed by atoms with Gasteiger partial charge in [-0.1, -0.05) is 0 Å². The first-order valence-electron chi connectivity index (χ1n) is 1.55. The fraction of sp³-hybridized carbons (Fsp3) is 0.333. The molecule has 0 aromatic rings. The van der Waals surface area contributed by atoms with Crippen LogP contribution in [0.25, 0.3) is 0 Å².